The van der Waals surface area contributed by atoms with E-state index >= 15 is 0 Å². The summed E-state index contributed by atoms with van der Waals surface area (Å²) in [5.41, 5.74) is -0.0556. The van der Waals surface area contributed by atoms with Crippen LogP contribution in [0.15, 0.2) is 0 Å². The third kappa shape index (κ3) is 3.78. The Morgan fingerprint density at radius 1 is 1.80 bits per heavy atom. The van der Waals surface area contributed by atoms with Crippen LogP contribution in [-0.2, 0) is 15.9 Å². The van der Waals surface area contributed by atoms with Gasteiger partial charge in [0.2, 0.25) is 16.7 Å². The average molecular weight is 94.1 g/mol. The van der Waals surface area contributed by atoms with Gasteiger partial charge in [-0.05, 0) is 0 Å². The lowest BCUT2D eigenvalue weighted by atomic mass is 11.8. The molecule has 4 heteroatoms. The highest BCUT2D eigenvalue weighted by Crippen LogP contribution is 1.51. The maximum Gasteiger partial charge on any atom is 0.233 e. The van der Waals surface area contributed by atoms with E-state index in [1.807, 2.05) is 0 Å². The Bertz CT molecular complexity index is 57.9. The minimum absolute atomic E-state index is 0.0556. The lowest BCUT2D eigenvalue weighted by Gasteiger charge is -1.60. The lowest BCUT2D eigenvalue weighted by Crippen LogP contribution is -1.81. The zero-order valence-corrected chi connectivity index (χ0v) is 3.07. The van der Waals surface area contributed by atoms with Gasteiger partial charge < -0.3 is 4.55 Å². The van der Waals surface area contributed by atoms with Gasteiger partial charge in [0, 0.05) is 0 Å². The van der Waals surface area contributed by atoms with Gasteiger partial charge >= 0.3 is 0 Å². The van der Waals surface area contributed by atoms with Gasteiger partial charge in [-0.1, -0.05) is 0 Å². The highest BCUT2D eigenvalue weighted by atomic mass is 32.2. The molecule has 0 amide bonds. The highest BCUT2D eigenvalue weighted by Gasteiger charge is 1.75. The van der Waals surface area contributed by atoms with Crippen molar-refractivity contribution in [2.75, 3.05) is 0 Å². The van der Waals surface area contributed by atoms with Gasteiger partial charge in [0.15, 0.2) is 0 Å². The summed E-state index contributed by atoms with van der Waals surface area (Å²) in [5, 5.41) is 0. The second-order valence-corrected chi connectivity index (χ2v) is 1.12. The van der Waals surface area contributed by atoms with Crippen LogP contribution in [0.2, 0.25) is 0 Å². The van der Waals surface area contributed by atoms with Gasteiger partial charge in [0.25, 0.3) is 0 Å². The second-order valence-electron chi connectivity index (χ2n) is 0.372. The van der Waals surface area contributed by atoms with Crippen LogP contribution in [0.5, 0.6) is 0 Å². The fourth-order valence-electron chi connectivity index (χ4n) is 0. The molecule has 0 aliphatic rings. The Balaban J connectivity index is 3.20. The fourth-order valence-corrected chi connectivity index (χ4v) is 0. The first-order chi connectivity index (χ1) is 2.27. The summed E-state index contributed by atoms with van der Waals surface area (Å²) < 4.78 is 16.6. The van der Waals surface area contributed by atoms with Crippen LogP contribution in [0.4, 0.5) is 0 Å². The third-order valence-electron chi connectivity index (χ3n) is 0.0823. The van der Waals surface area contributed by atoms with Crippen molar-refractivity contribution in [1.29, 1.82) is 0 Å². The van der Waals surface area contributed by atoms with Crippen molar-refractivity contribution in [3.63, 3.8) is 0 Å². The van der Waals surface area contributed by atoms with E-state index in [4.69, 9.17) is 13.6 Å². The van der Waals surface area contributed by atoms with Gasteiger partial charge in [-0.2, -0.15) is 0 Å². The molecule has 0 aromatic carbocycles. The number of hydrogen-bond acceptors (Lipinski definition) is 2. The Hall–Kier alpha value is -0.220. The molecule has 30 valence electrons. The molecule has 1 atom stereocenters. The lowest BCUT2D eigenvalue weighted by molar-refractivity contribution is 0.545. The van der Waals surface area contributed by atoms with Crippen molar-refractivity contribution in [3.8, 4) is 0 Å². The quantitative estimate of drug-likeness (QED) is 0.348. The van der Waals surface area contributed by atoms with Crippen LogP contribution >= 0.6 is 0 Å². The molecule has 0 aliphatic heterocycles. The molecule has 0 saturated carbocycles. The van der Waals surface area contributed by atoms with Gasteiger partial charge in [-0.3, -0.25) is 4.79 Å². The highest BCUT2D eigenvalue weighted by molar-refractivity contribution is 7.93. The topological polar surface area (TPSA) is 54.4 Å². The molecule has 5 heavy (non-hydrogen) atoms. The summed E-state index contributed by atoms with van der Waals surface area (Å²) in [6.45, 7) is 0. The van der Waals surface area contributed by atoms with Crippen LogP contribution < -0.4 is 0 Å². The molecule has 0 fully saturated rings. The number of carbonyl (C=O) groups is 1. The summed E-state index contributed by atoms with van der Waals surface area (Å²) in [7, 11) is 0. The van der Waals surface area contributed by atoms with E-state index in [1.165, 1.54) is 0 Å². The number of carbonyl (C=O) groups excluding carboxylic acids is 1. The van der Waals surface area contributed by atoms with E-state index in [-0.39, 0.29) is 5.62 Å². The molecule has 0 aromatic rings. The molecule has 1 unspecified atom stereocenters. The second kappa shape index (κ2) is 2.04. The third-order valence-corrected chi connectivity index (χ3v) is 0.247. The van der Waals surface area contributed by atoms with Crippen LogP contribution in [-0.4, -0.2) is 14.4 Å². The van der Waals surface area contributed by atoms with Crippen LogP contribution in [0.3, 0.4) is 0 Å². The predicted molar refractivity (Wildman–Crippen MR) is 17.5 cm³/mol. The molecular formula is CH2O3S. The Labute approximate surface area is 31.3 Å². The molecule has 1 N–H and O–H groups in total. The minimum atomic E-state index is -2.25. The number of hydrogen-bond donors (Lipinski definition) is 1. The van der Waals surface area contributed by atoms with E-state index < -0.39 is 11.1 Å². The maximum atomic E-state index is 9.11. The number of rotatable bonds is 1. The first-order valence-corrected chi connectivity index (χ1v) is 1.99. The SMILES string of the molecule is O=CS(=O)O. The predicted octanol–water partition coefficient (Wildman–Crippen LogP) is -0.602. The van der Waals surface area contributed by atoms with E-state index in [2.05, 4.69) is 0 Å². The van der Waals surface area contributed by atoms with Crippen molar-refractivity contribution < 1.29 is 13.6 Å². The van der Waals surface area contributed by atoms with Gasteiger partial charge in [0.05, 0.1) is 0 Å². The van der Waals surface area contributed by atoms with E-state index in [0.29, 0.717) is 0 Å². The van der Waals surface area contributed by atoms with Crippen molar-refractivity contribution in [3.05, 3.63) is 0 Å². The van der Waals surface area contributed by atoms with Crippen LogP contribution in [0.1, 0.15) is 0 Å². The monoisotopic (exact) mass is 94.0 g/mol. The molecule has 3 nitrogen and oxygen atoms in total. The Kier molecular flexibility index (Phi) is 1.95. The normalized spacial score (nSPS) is 13.8. The maximum absolute atomic E-state index is 9.11. The van der Waals surface area contributed by atoms with E-state index in [9.17, 15) is 0 Å². The molecule has 0 bridgehead atoms. The average Bonchev–Trinajstić information content (AvgIpc) is 1.38. The van der Waals surface area contributed by atoms with Crippen molar-refractivity contribution >= 4 is 16.7 Å². The molecule has 0 aromatic heterocycles. The minimum Gasteiger partial charge on any atom is -0.300 e. The summed E-state index contributed by atoms with van der Waals surface area (Å²) in [6.07, 6.45) is 0. The van der Waals surface area contributed by atoms with Crippen LogP contribution in [0.25, 0.3) is 0 Å². The summed E-state index contributed by atoms with van der Waals surface area (Å²) >= 11 is -2.25. The van der Waals surface area contributed by atoms with Crippen molar-refractivity contribution in [2.24, 2.45) is 0 Å². The summed E-state index contributed by atoms with van der Waals surface area (Å²) in [4.78, 5) is 8.95. The van der Waals surface area contributed by atoms with Crippen LogP contribution in [0, 0.1) is 0 Å². The molecule has 0 radical (unpaired) electrons. The van der Waals surface area contributed by atoms with Crippen molar-refractivity contribution in [2.45, 2.75) is 0 Å². The first-order valence-electron chi connectivity index (χ1n) is 0.821. The van der Waals surface area contributed by atoms with E-state index in [0.717, 1.165) is 0 Å². The summed E-state index contributed by atoms with van der Waals surface area (Å²) in [5.74, 6) is 0. The van der Waals surface area contributed by atoms with Gasteiger partial charge in [0.1, 0.15) is 0 Å². The smallest absolute Gasteiger partial charge is 0.233 e. The summed E-state index contributed by atoms with van der Waals surface area (Å²) in [6, 6.07) is 0. The molecule has 0 rings (SSSR count). The molecular weight excluding hydrogens is 92.1 g/mol. The van der Waals surface area contributed by atoms with E-state index in [1.54, 1.807) is 0 Å². The Morgan fingerprint density at radius 2 is 2.00 bits per heavy atom. The molecule has 0 aliphatic carbocycles. The largest absolute Gasteiger partial charge is 0.300 e. The zero-order valence-electron chi connectivity index (χ0n) is 2.25. The standard InChI is InChI=1S/CH2O3S/c2-1-5(3)4/h1H,(H,3,4). The first kappa shape index (κ1) is 4.78. The Morgan fingerprint density at radius 3 is 2.00 bits per heavy atom. The molecule has 0 heterocycles. The fraction of sp³-hybridized carbons (Fsp3) is 0. The molecule has 0 spiro atoms. The molecule has 0 saturated heterocycles. The zero-order chi connectivity index (χ0) is 4.28. The van der Waals surface area contributed by atoms with Gasteiger partial charge in [-0.15, -0.1) is 0 Å². The van der Waals surface area contributed by atoms with Gasteiger partial charge in [-0.25, -0.2) is 4.21 Å². The van der Waals surface area contributed by atoms with Crippen molar-refractivity contribution in [1.82, 2.24) is 0 Å².